The van der Waals surface area contributed by atoms with Crippen molar-refractivity contribution in [2.24, 2.45) is 0 Å². The molecule has 1 aromatic rings. The first-order chi connectivity index (χ1) is 7.58. The van der Waals surface area contributed by atoms with Crippen LogP contribution in [0, 0.1) is 0 Å². The van der Waals surface area contributed by atoms with Gasteiger partial charge < -0.3 is 9.47 Å². The number of hydrogen-bond donors (Lipinski definition) is 0. The van der Waals surface area contributed by atoms with Gasteiger partial charge >= 0.3 is 11.9 Å². The van der Waals surface area contributed by atoms with Crippen LogP contribution in [0.25, 0.3) is 0 Å². The Kier molecular flexibility index (Phi) is 4.51. The van der Waals surface area contributed by atoms with Gasteiger partial charge in [0.05, 0.1) is 0 Å². The summed E-state index contributed by atoms with van der Waals surface area (Å²) in [4.78, 5) is 21.3. The molecular formula is C12H14O4. The van der Waals surface area contributed by atoms with Crippen molar-refractivity contribution in [3.63, 3.8) is 0 Å². The molecule has 0 amide bonds. The lowest BCUT2D eigenvalue weighted by Gasteiger charge is -2.05. The van der Waals surface area contributed by atoms with Crippen molar-refractivity contribution in [1.82, 2.24) is 0 Å². The fourth-order valence-corrected chi connectivity index (χ4v) is 1.18. The van der Waals surface area contributed by atoms with E-state index in [0.29, 0.717) is 0 Å². The van der Waals surface area contributed by atoms with Gasteiger partial charge in [0.25, 0.3) is 0 Å². The summed E-state index contributed by atoms with van der Waals surface area (Å²) in [7, 11) is 0. The Labute approximate surface area is 94.2 Å². The van der Waals surface area contributed by atoms with Gasteiger partial charge in [-0.15, -0.1) is 0 Å². The van der Waals surface area contributed by atoms with Crippen molar-refractivity contribution in [1.29, 1.82) is 0 Å². The second-order valence-corrected chi connectivity index (χ2v) is 3.38. The summed E-state index contributed by atoms with van der Waals surface area (Å²) >= 11 is 0. The highest BCUT2D eigenvalue weighted by molar-refractivity contribution is 5.66. The lowest BCUT2D eigenvalue weighted by atomic mass is 10.1. The van der Waals surface area contributed by atoms with Crippen LogP contribution in [-0.4, -0.2) is 11.9 Å². The van der Waals surface area contributed by atoms with Crippen LogP contribution in [0.5, 0.6) is 0 Å². The Hall–Kier alpha value is -1.84. The molecule has 16 heavy (non-hydrogen) atoms. The highest BCUT2D eigenvalue weighted by Gasteiger charge is 2.00. The molecule has 0 N–H and O–H groups in total. The molecule has 0 bridgehead atoms. The van der Waals surface area contributed by atoms with Gasteiger partial charge in [0.2, 0.25) is 0 Å². The fraction of sp³-hybridized carbons (Fsp3) is 0.333. The van der Waals surface area contributed by atoms with Crippen LogP contribution in [0.2, 0.25) is 0 Å². The number of hydrogen-bond acceptors (Lipinski definition) is 4. The van der Waals surface area contributed by atoms with E-state index in [1.807, 2.05) is 24.3 Å². The van der Waals surface area contributed by atoms with E-state index in [1.165, 1.54) is 13.8 Å². The molecule has 86 valence electrons. The molecule has 0 atom stereocenters. The highest BCUT2D eigenvalue weighted by atomic mass is 16.5. The van der Waals surface area contributed by atoms with E-state index >= 15 is 0 Å². The molecule has 0 heterocycles. The summed E-state index contributed by atoms with van der Waals surface area (Å²) in [5, 5.41) is 0. The van der Waals surface area contributed by atoms with Crippen LogP contribution in [0.1, 0.15) is 25.0 Å². The summed E-state index contributed by atoms with van der Waals surface area (Å²) in [6.07, 6.45) is 0. The van der Waals surface area contributed by atoms with Gasteiger partial charge in [0, 0.05) is 13.8 Å². The van der Waals surface area contributed by atoms with Crippen LogP contribution in [-0.2, 0) is 32.3 Å². The molecule has 0 aliphatic carbocycles. The molecule has 0 aliphatic heterocycles. The molecular weight excluding hydrogens is 208 g/mol. The Morgan fingerprint density at radius 1 is 1.00 bits per heavy atom. The number of carbonyl (C=O) groups excluding carboxylic acids is 2. The molecule has 0 saturated heterocycles. The molecule has 1 rings (SSSR count). The fourth-order valence-electron chi connectivity index (χ4n) is 1.18. The molecule has 0 aromatic heterocycles. The maximum absolute atomic E-state index is 10.6. The van der Waals surface area contributed by atoms with E-state index < -0.39 is 0 Å². The zero-order chi connectivity index (χ0) is 12.0. The molecule has 0 fully saturated rings. The highest BCUT2D eigenvalue weighted by Crippen LogP contribution is 2.08. The monoisotopic (exact) mass is 222 g/mol. The summed E-state index contributed by atoms with van der Waals surface area (Å²) in [5.41, 5.74) is 1.75. The zero-order valence-corrected chi connectivity index (χ0v) is 9.36. The molecule has 0 radical (unpaired) electrons. The predicted molar refractivity (Wildman–Crippen MR) is 57.4 cm³/mol. The van der Waals surface area contributed by atoms with Crippen molar-refractivity contribution >= 4 is 11.9 Å². The number of rotatable bonds is 4. The van der Waals surface area contributed by atoms with E-state index in [-0.39, 0.29) is 25.2 Å². The van der Waals surface area contributed by atoms with Crippen LogP contribution >= 0.6 is 0 Å². The quantitative estimate of drug-likeness (QED) is 0.729. The third-order valence-corrected chi connectivity index (χ3v) is 1.88. The summed E-state index contributed by atoms with van der Waals surface area (Å²) in [6, 6.07) is 7.37. The average molecular weight is 222 g/mol. The first-order valence-electron chi connectivity index (χ1n) is 4.92. The van der Waals surface area contributed by atoms with Crippen molar-refractivity contribution in [2.45, 2.75) is 27.1 Å². The standard InChI is InChI=1S/C12H14O4/c1-9(13)15-7-11-4-3-5-12(6-11)8-16-10(2)14/h3-6H,7-8H2,1-2H3. The largest absolute Gasteiger partial charge is 0.461 e. The van der Waals surface area contributed by atoms with Gasteiger partial charge in [-0.25, -0.2) is 0 Å². The van der Waals surface area contributed by atoms with E-state index in [1.54, 1.807) is 0 Å². The lowest BCUT2D eigenvalue weighted by molar-refractivity contribution is -0.142. The first kappa shape index (κ1) is 12.2. The van der Waals surface area contributed by atoms with Crippen molar-refractivity contribution in [3.05, 3.63) is 35.4 Å². The third-order valence-electron chi connectivity index (χ3n) is 1.88. The number of benzene rings is 1. The normalized spacial score (nSPS) is 9.62. The van der Waals surface area contributed by atoms with Gasteiger partial charge in [0.1, 0.15) is 13.2 Å². The SMILES string of the molecule is CC(=O)OCc1cccc(COC(C)=O)c1. The first-order valence-corrected chi connectivity index (χ1v) is 4.92. The average Bonchev–Trinajstić information content (AvgIpc) is 2.24. The van der Waals surface area contributed by atoms with Crippen molar-refractivity contribution < 1.29 is 19.1 Å². The summed E-state index contributed by atoms with van der Waals surface area (Å²) in [5.74, 6) is -0.629. The summed E-state index contributed by atoms with van der Waals surface area (Å²) < 4.78 is 9.72. The van der Waals surface area contributed by atoms with Crippen LogP contribution in [0.4, 0.5) is 0 Å². The Morgan fingerprint density at radius 2 is 1.44 bits per heavy atom. The molecule has 0 aliphatic rings. The molecule has 0 unspecified atom stereocenters. The Bertz CT molecular complexity index is 351. The minimum Gasteiger partial charge on any atom is -0.461 e. The second kappa shape index (κ2) is 5.90. The van der Waals surface area contributed by atoms with Gasteiger partial charge in [0.15, 0.2) is 0 Å². The topological polar surface area (TPSA) is 52.6 Å². The minimum absolute atomic E-state index is 0.239. The van der Waals surface area contributed by atoms with Crippen molar-refractivity contribution in [2.75, 3.05) is 0 Å². The van der Waals surface area contributed by atoms with Crippen molar-refractivity contribution in [3.8, 4) is 0 Å². The number of carbonyl (C=O) groups is 2. The van der Waals surface area contributed by atoms with E-state index in [9.17, 15) is 9.59 Å². The molecule has 4 nitrogen and oxygen atoms in total. The van der Waals surface area contributed by atoms with E-state index in [2.05, 4.69) is 0 Å². The van der Waals surface area contributed by atoms with Crippen LogP contribution in [0.15, 0.2) is 24.3 Å². The third kappa shape index (κ3) is 4.59. The van der Waals surface area contributed by atoms with Gasteiger partial charge in [-0.1, -0.05) is 18.2 Å². The van der Waals surface area contributed by atoms with Crippen LogP contribution < -0.4 is 0 Å². The minimum atomic E-state index is -0.314. The second-order valence-electron chi connectivity index (χ2n) is 3.38. The number of ether oxygens (including phenoxy) is 2. The lowest BCUT2D eigenvalue weighted by Crippen LogP contribution is -2.01. The van der Waals surface area contributed by atoms with E-state index in [4.69, 9.17) is 9.47 Å². The molecule has 0 spiro atoms. The molecule has 0 saturated carbocycles. The maximum Gasteiger partial charge on any atom is 0.302 e. The predicted octanol–water partition coefficient (Wildman–Crippen LogP) is 1.81. The van der Waals surface area contributed by atoms with E-state index in [0.717, 1.165) is 11.1 Å². The zero-order valence-electron chi connectivity index (χ0n) is 9.36. The number of esters is 2. The molecule has 1 aromatic carbocycles. The van der Waals surface area contributed by atoms with Gasteiger partial charge in [-0.3, -0.25) is 9.59 Å². The molecule has 4 heteroatoms. The summed E-state index contributed by atoms with van der Waals surface area (Å²) in [6.45, 7) is 3.21. The Morgan fingerprint density at radius 3 is 1.81 bits per heavy atom. The van der Waals surface area contributed by atoms with Gasteiger partial charge in [-0.2, -0.15) is 0 Å². The maximum atomic E-state index is 10.6. The Balaban J connectivity index is 2.56. The van der Waals surface area contributed by atoms with Gasteiger partial charge in [-0.05, 0) is 17.2 Å². The smallest absolute Gasteiger partial charge is 0.302 e. The van der Waals surface area contributed by atoms with Crippen LogP contribution in [0.3, 0.4) is 0 Å².